The molecule has 6 heteroatoms. The third kappa shape index (κ3) is 3.37. The zero-order valence-corrected chi connectivity index (χ0v) is 17.6. The van der Waals surface area contributed by atoms with E-state index in [0.29, 0.717) is 0 Å². The van der Waals surface area contributed by atoms with Crippen molar-refractivity contribution in [1.82, 2.24) is 4.57 Å². The van der Waals surface area contributed by atoms with Gasteiger partial charge >= 0.3 is 0 Å². The van der Waals surface area contributed by atoms with Gasteiger partial charge in [0.25, 0.3) is 4.75 Å². The van der Waals surface area contributed by atoms with Gasteiger partial charge < -0.3 is 28.5 Å². The Morgan fingerprint density at radius 3 is 2.25 bits per heavy atom. The lowest BCUT2D eigenvalue weighted by molar-refractivity contribution is -0.678. The van der Waals surface area contributed by atoms with Crippen molar-refractivity contribution in [2.75, 3.05) is 0 Å². The molecule has 20 heavy (non-hydrogen) atoms. The van der Waals surface area contributed by atoms with Crippen LogP contribution in [0.3, 0.4) is 0 Å². The lowest BCUT2D eigenvalue weighted by atomic mass is 10.4. The molecule has 0 fully saturated rings. The lowest BCUT2D eigenvalue weighted by Gasteiger charge is -2.00. The molecule has 112 valence electrons. The van der Waals surface area contributed by atoms with Gasteiger partial charge in [-0.2, -0.15) is 4.57 Å². The summed E-state index contributed by atoms with van der Waals surface area (Å²) in [6, 6.07) is 0. The molecule has 2 rings (SSSR count). The van der Waals surface area contributed by atoms with Crippen molar-refractivity contribution >= 4 is 35.6 Å². The van der Waals surface area contributed by atoms with Crippen molar-refractivity contribution < 1.29 is 28.5 Å². The molecule has 2 nitrogen and oxygen atoms in total. The molecule has 0 bridgehead atoms. The Morgan fingerprint density at radius 1 is 1.05 bits per heavy atom. The topological polar surface area (TPSA) is 8.81 Å². The standard InChI is InChI=1S/C14H22N2PS2.HI/c1-7-15-9(3)11(5)18-13(15)17-14-16(8-2)10(4)12(6)19-14;/h7-8H2,1-6H3;1H/q+1;/p-1. The number of rotatable bonds is 3. The first-order valence-electron chi connectivity index (χ1n) is 6.70. The monoisotopic (exact) mass is 440 g/mol. The molecule has 0 unspecified atom stereocenters. The van der Waals surface area contributed by atoms with Crippen molar-refractivity contribution in [3.8, 4) is 0 Å². The number of aryl methyl sites for hydroxylation is 2. The van der Waals surface area contributed by atoms with Gasteiger partial charge in [-0.25, -0.2) is 0 Å². The van der Waals surface area contributed by atoms with Crippen LogP contribution in [-0.4, -0.2) is 4.57 Å². The van der Waals surface area contributed by atoms with Crippen LogP contribution in [0.4, 0.5) is 0 Å². The van der Waals surface area contributed by atoms with E-state index in [2.05, 4.69) is 50.7 Å². The van der Waals surface area contributed by atoms with Crippen LogP contribution in [0, 0.1) is 32.1 Å². The second-order valence-corrected chi connectivity index (χ2v) is 8.74. The zero-order chi connectivity index (χ0) is 14.2. The summed E-state index contributed by atoms with van der Waals surface area (Å²) in [6.45, 7) is 15.5. The minimum atomic E-state index is 0. The number of hydrogen-bond acceptors (Lipinski definition) is 2. The van der Waals surface area contributed by atoms with E-state index in [4.69, 9.17) is 0 Å². The smallest absolute Gasteiger partial charge is 0.289 e. The van der Waals surface area contributed by atoms with E-state index in [1.165, 1.54) is 38.5 Å². The molecule has 2 aromatic heterocycles. The third-order valence-electron chi connectivity index (χ3n) is 3.60. The van der Waals surface area contributed by atoms with Gasteiger partial charge in [0.2, 0.25) is 0 Å². The van der Waals surface area contributed by atoms with Crippen LogP contribution in [0.15, 0.2) is 0 Å². The number of thiazole rings is 2. The van der Waals surface area contributed by atoms with Gasteiger partial charge in [0.1, 0.15) is 10.9 Å². The maximum Gasteiger partial charge on any atom is 0.289 e. The SMILES string of the molecule is CCn1c(C)c(C)sc1=Pc1sc(C)c(C)[n+]1CC.[I-]. The number of aromatic nitrogens is 2. The fourth-order valence-electron chi connectivity index (χ4n) is 2.19. The highest BCUT2D eigenvalue weighted by Crippen LogP contribution is 2.23. The van der Waals surface area contributed by atoms with Crippen LogP contribution in [-0.2, 0) is 13.1 Å². The summed E-state index contributed by atoms with van der Waals surface area (Å²) >= 11 is 3.88. The highest BCUT2D eigenvalue weighted by molar-refractivity contribution is 7.52. The average molecular weight is 440 g/mol. The highest BCUT2D eigenvalue weighted by atomic mass is 127. The van der Waals surface area contributed by atoms with Crippen LogP contribution >= 0.6 is 30.9 Å². The highest BCUT2D eigenvalue weighted by Gasteiger charge is 2.18. The van der Waals surface area contributed by atoms with E-state index >= 15 is 0 Å². The minimum Gasteiger partial charge on any atom is -1.00 e. The molecule has 2 heterocycles. The fraction of sp³-hybridized carbons (Fsp3) is 0.571. The summed E-state index contributed by atoms with van der Waals surface area (Å²) in [7, 11) is 1.35. The Labute approximate surface area is 148 Å². The van der Waals surface area contributed by atoms with E-state index < -0.39 is 0 Å². The van der Waals surface area contributed by atoms with Gasteiger partial charge in [0.05, 0.1) is 13.1 Å². The first-order valence-corrected chi connectivity index (χ1v) is 9.23. The van der Waals surface area contributed by atoms with Crippen LogP contribution in [0.2, 0.25) is 0 Å². The quantitative estimate of drug-likeness (QED) is 0.383. The molecular formula is C14H22IN2PS2. The molecule has 0 saturated heterocycles. The molecule has 0 spiro atoms. The Balaban J connectivity index is 0.00000200. The van der Waals surface area contributed by atoms with E-state index in [9.17, 15) is 0 Å². The van der Waals surface area contributed by atoms with Crippen molar-refractivity contribution in [3.63, 3.8) is 0 Å². The van der Waals surface area contributed by atoms with E-state index in [1.54, 1.807) is 0 Å². The summed E-state index contributed by atoms with van der Waals surface area (Å²) in [5.74, 6) is 0. The second-order valence-electron chi connectivity index (χ2n) is 4.65. The molecular weight excluding hydrogens is 418 g/mol. The molecule has 0 aliphatic carbocycles. The molecule has 0 saturated carbocycles. The van der Waals surface area contributed by atoms with Gasteiger partial charge in [-0.15, -0.1) is 11.3 Å². The molecule has 0 aliphatic heterocycles. The summed E-state index contributed by atoms with van der Waals surface area (Å²) in [5, 5.41) is 0. The van der Waals surface area contributed by atoms with Crippen molar-refractivity contribution in [3.05, 3.63) is 25.5 Å². The molecule has 0 N–H and O–H groups in total. The van der Waals surface area contributed by atoms with Crippen LogP contribution < -0.4 is 33.3 Å². The predicted octanol–water partition coefficient (Wildman–Crippen LogP) is 0.980. The van der Waals surface area contributed by atoms with Crippen LogP contribution in [0.5, 0.6) is 0 Å². The number of nitrogens with zero attached hydrogens (tertiary/aromatic N) is 2. The minimum absolute atomic E-state index is 0. The molecule has 0 atom stereocenters. The van der Waals surface area contributed by atoms with Crippen molar-refractivity contribution in [2.45, 2.75) is 54.6 Å². The van der Waals surface area contributed by atoms with E-state index in [1.807, 2.05) is 22.7 Å². The van der Waals surface area contributed by atoms with Gasteiger partial charge in [0.15, 0.2) is 5.69 Å². The Morgan fingerprint density at radius 2 is 1.70 bits per heavy atom. The largest absolute Gasteiger partial charge is 1.00 e. The van der Waals surface area contributed by atoms with Crippen LogP contribution in [0.1, 0.15) is 35.0 Å². The van der Waals surface area contributed by atoms with E-state index in [0.717, 1.165) is 13.1 Å². The molecule has 0 aromatic carbocycles. The van der Waals surface area contributed by atoms with Crippen molar-refractivity contribution in [2.24, 2.45) is 0 Å². The molecule has 0 amide bonds. The van der Waals surface area contributed by atoms with Gasteiger partial charge in [-0.05, 0) is 34.6 Å². The maximum atomic E-state index is 2.45. The number of halogens is 1. The zero-order valence-electron chi connectivity index (χ0n) is 13.0. The van der Waals surface area contributed by atoms with Crippen molar-refractivity contribution in [1.29, 1.82) is 0 Å². The molecule has 0 radical (unpaired) electrons. The normalized spacial score (nSPS) is 11.8. The lowest BCUT2D eigenvalue weighted by Crippen LogP contribution is -3.00. The summed E-state index contributed by atoms with van der Waals surface area (Å²) in [4.78, 5) is 2.88. The Kier molecular flexibility index (Phi) is 6.90. The molecule has 2 aromatic rings. The van der Waals surface area contributed by atoms with Gasteiger partial charge in [-0.3, -0.25) is 0 Å². The first-order chi connectivity index (χ1) is 8.99. The third-order valence-corrected chi connectivity index (χ3v) is 7.57. The summed E-state index contributed by atoms with van der Waals surface area (Å²) in [5.41, 5.74) is 2.84. The Bertz CT molecular complexity index is 668. The Hall–Kier alpha value is 0.290. The van der Waals surface area contributed by atoms with E-state index in [-0.39, 0.29) is 24.0 Å². The number of hydrogen-bond donors (Lipinski definition) is 0. The summed E-state index contributed by atoms with van der Waals surface area (Å²) < 4.78 is 7.82. The van der Waals surface area contributed by atoms with Crippen LogP contribution in [0.25, 0.3) is 0 Å². The first kappa shape index (κ1) is 18.3. The summed E-state index contributed by atoms with van der Waals surface area (Å²) in [6.07, 6.45) is 0. The molecule has 0 aliphatic rings. The second kappa shape index (κ2) is 7.52. The average Bonchev–Trinajstić information content (AvgIpc) is 2.79. The predicted molar refractivity (Wildman–Crippen MR) is 86.9 cm³/mol. The van der Waals surface area contributed by atoms with Gasteiger partial charge in [-0.1, -0.05) is 11.3 Å². The maximum absolute atomic E-state index is 2.45. The van der Waals surface area contributed by atoms with Gasteiger partial charge in [0, 0.05) is 24.0 Å². The fourth-order valence-corrected chi connectivity index (χ4v) is 6.87.